The van der Waals surface area contributed by atoms with Crippen LogP contribution >= 0.6 is 0 Å². The minimum Gasteiger partial charge on any atom is -0.461 e. The molecule has 0 unspecified atom stereocenters. The number of carbonyl (C=O) groups is 3. The zero-order valence-electron chi connectivity index (χ0n) is 18.9. The zero-order chi connectivity index (χ0) is 22.4. The van der Waals surface area contributed by atoms with Gasteiger partial charge in [-0.15, -0.1) is 0 Å². The number of aliphatic hydroxyl groups is 1. The van der Waals surface area contributed by atoms with E-state index < -0.39 is 24.1 Å². The highest BCUT2D eigenvalue weighted by molar-refractivity contribution is 5.98. The van der Waals surface area contributed by atoms with E-state index in [-0.39, 0.29) is 35.1 Å². The molecule has 3 aliphatic carbocycles. The molecule has 1 N–H and O–H groups in total. The molecule has 0 heterocycles. The van der Waals surface area contributed by atoms with E-state index in [0.717, 1.165) is 30.4 Å². The van der Waals surface area contributed by atoms with Crippen LogP contribution in [0.4, 0.5) is 0 Å². The number of ether oxygens (including phenoxy) is 2. The quantitative estimate of drug-likeness (QED) is 0.703. The van der Waals surface area contributed by atoms with Crippen molar-refractivity contribution in [1.82, 2.24) is 0 Å². The third-order valence-electron chi connectivity index (χ3n) is 7.53. The van der Waals surface area contributed by atoms with Gasteiger partial charge in [-0.2, -0.15) is 0 Å². The fourth-order valence-corrected chi connectivity index (χ4v) is 6.01. The van der Waals surface area contributed by atoms with Gasteiger partial charge < -0.3 is 14.6 Å². The van der Waals surface area contributed by atoms with Gasteiger partial charge in [-0.05, 0) is 47.2 Å². The largest absolute Gasteiger partial charge is 0.461 e. The molecule has 0 aromatic rings. The van der Waals surface area contributed by atoms with Crippen molar-refractivity contribution >= 4 is 17.7 Å². The topological polar surface area (TPSA) is 89.9 Å². The Morgan fingerprint density at radius 3 is 2.40 bits per heavy atom. The summed E-state index contributed by atoms with van der Waals surface area (Å²) in [5.74, 6) is -0.667. The van der Waals surface area contributed by atoms with Gasteiger partial charge in [-0.25, -0.2) is 0 Å². The van der Waals surface area contributed by atoms with Crippen molar-refractivity contribution < 1.29 is 29.0 Å². The monoisotopic (exact) mass is 418 g/mol. The summed E-state index contributed by atoms with van der Waals surface area (Å²) < 4.78 is 10.8. The lowest BCUT2D eigenvalue weighted by Crippen LogP contribution is -2.38. The van der Waals surface area contributed by atoms with E-state index in [9.17, 15) is 19.5 Å². The summed E-state index contributed by atoms with van der Waals surface area (Å²) in [7, 11) is 0. The second kappa shape index (κ2) is 7.95. The molecule has 1 saturated carbocycles. The van der Waals surface area contributed by atoms with Gasteiger partial charge in [0.1, 0.15) is 18.8 Å². The SMILES string of the molecule is CC(=O)OCC1=C2C=C3[C@H](O)[C@@H](OC(C)=O)[C@H](C(C)C)[C@@]3(C)CC[C@]2(C)CCC1=O. The highest BCUT2D eigenvalue weighted by atomic mass is 16.6. The number of aliphatic hydroxyl groups excluding tert-OH is 1. The number of allylic oxidation sites excluding steroid dienone is 2. The van der Waals surface area contributed by atoms with Crippen LogP contribution in [0.15, 0.2) is 22.8 Å². The number of ketones is 1. The summed E-state index contributed by atoms with van der Waals surface area (Å²) in [4.78, 5) is 35.9. The second-order valence-corrected chi connectivity index (χ2v) is 9.96. The first-order valence-corrected chi connectivity index (χ1v) is 10.9. The molecule has 0 saturated heterocycles. The molecule has 0 amide bonds. The molecule has 1 fully saturated rings. The highest BCUT2D eigenvalue weighted by Crippen LogP contribution is 2.60. The normalized spacial score (nSPS) is 36.1. The van der Waals surface area contributed by atoms with E-state index in [1.807, 2.05) is 6.08 Å². The Bertz CT molecular complexity index is 822. The van der Waals surface area contributed by atoms with Gasteiger partial charge >= 0.3 is 11.9 Å². The molecule has 3 aliphatic rings. The van der Waals surface area contributed by atoms with E-state index in [2.05, 4.69) is 27.7 Å². The lowest BCUT2D eigenvalue weighted by Gasteiger charge is -2.39. The van der Waals surface area contributed by atoms with Crippen LogP contribution in [0.3, 0.4) is 0 Å². The smallest absolute Gasteiger partial charge is 0.303 e. The molecule has 0 spiro atoms. The first-order chi connectivity index (χ1) is 13.9. The summed E-state index contributed by atoms with van der Waals surface area (Å²) in [6.45, 7) is 11.1. The average molecular weight is 419 g/mol. The molecule has 0 bridgehead atoms. The van der Waals surface area contributed by atoms with E-state index in [0.29, 0.717) is 12.0 Å². The molecule has 3 rings (SSSR count). The fourth-order valence-electron chi connectivity index (χ4n) is 6.01. The van der Waals surface area contributed by atoms with Gasteiger partial charge in [0.15, 0.2) is 5.78 Å². The lowest BCUT2D eigenvalue weighted by atomic mass is 9.65. The Labute approximate surface area is 178 Å². The Morgan fingerprint density at radius 1 is 1.17 bits per heavy atom. The number of hydrogen-bond acceptors (Lipinski definition) is 6. The molecule has 0 aromatic heterocycles. The van der Waals surface area contributed by atoms with E-state index in [1.54, 1.807) is 0 Å². The Hall–Kier alpha value is -1.95. The summed E-state index contributed by atoms with van der Waals surface area (Å²) >= 11 is 0. The molecule has 6 nitrogen and oxygen atoms in total. The third-order valence-corrected chi connectivity index (χ3v) is 7.53. The number of carbonyl (C=O) groups excluding carboxylic acids is 3. The molecular formula is C24H34O6. The molecule has 166 valence electrons. The maximum atomic E-state index is 12.7. The molecule has 5 atom stereocenters. The van der Waals surface area contributed by atoms with Crippen LogP contribution in [0.5, 0.6) is 0 Å². The third kappa shape index (κ3) is 3.75. The minimum atomic E-state index is -0.923. The van der Waals surface area contributed by atoms with Crippen LogP contribution in [-0.4, -0.2) is 41.6 Å². The van der Waals surface area contributed by atoms with Crippen molar-refractivity contribution in [3.8, 4) is 0 Å². The van der Waals surface area contributed by atoms with Crippen molar-refractivity contribution in [2.24, 2.45) is 22.7 Å². The molecule has 30 heavy (non-hydrogen) atoms. The van der Waals surface area contributed by atoms with Crippen molar-refractivity contribution in [3.05, 3.63) is 22.8 Å². The van der Waals surface area contributed by atoms with Crippen LogP contribution < -0.4 is 0 Å². The number of rotatable bonds is 4. The van der Waals surface area contributed by atoms with Crippen molar-refractivity contribution in [1.29, 1.82) is 0 Å². The maximum Gasteiger partial charge on any atom is 0.303 e. The van der Waals surface area contributed by atoms with Gasteiger partial charge in [0.25, 0.3) is 0 Å². The first-order valence-electron chi connectivity index (χ1n) is 10.9. The van der Waals surface area contributed by atoms with E-state index in [4.69, 9.17) is 9.47 Å². The Balaban J connectivity index is 2.17. The van der Waals surface area contributed by atoms with Crippen LogP contribution in [0.1, 0.15) is 67.2 Å². The number of Topliss-reactive ketones (excluding diaryl/α,β-unsaturated/α-hetero) is 1. The van der Waals surface area contributed by atoms with Crippen molar-refractivity contribution in [3.63, 3.8) is 0 Å². The van der Waals surface area contributed by atoms with Gasteiger partial charge in [0.05, 0.1) is 0 Å². The molecule has 0 aromatic carbocycles. The minimum absolute atomic E-state index is 0.00592. The predicted molar refractivity (Wildman–Crippen MR) is 111 cm³/mol. The summed E-state index contributed by atoms with van der Waals surface area (Å²) in [5.41, 5.74) is 1.64. The standard InChI is InChI=1S/C24H34O6/c1-13(2)20-22(30-15(4)26)21(28)18-11-17-16(12-29-14(3)25)19(27)7-8-23(17,5)9-10-24(18,20)6/h11,13,20-22,28H,7-10,12H2,1-6H3/t20-,21-,22-,23-,24-/m0/s1. The van der Waals surface area contributed by atoms with E-state index in [1.165, 1.54) is 13.8 Å². The Morgan fingerprint density at radius 2 is 1.83 bits per heavy atom. The maximum absolute atomic E-state index is 12.7. The van der Waals surface area contributed by atoms with Gasteiger partial charge in [0.2, 0.25) is 0 Å². The van der Waals surface area contributed by atoms with Crippen LogP contribution in [-0.2, 0) is 23.9 Å². The molecule has 0 aliphatic heterocycles. The van der Waals surface area contributed by atoms with Gasteiger partial charge in [-0.1, -0.05) is 33.8 Å². The van der Waals surface area contributed by atoms with E-state index >= 15 is 0 Å². The van der Waals surface area contributed by atoms with Gasteiger partial charge in [0, 0.05) is 31.8 Å². The predicted octanol–water partition coefficient (Wildman–Crippen LogP) is 3.52. The Kier molecular flexibility index (Phi) is 6.02. The number of esters is 2. The molecule has 0 radical (unpaired) electrons. The average Bonchev–Trinajstić information content (AvgIpc) is 2.75. The summed E-state index contributed by atoms with van der Waals surface area (Å²) in [6.07, 6.45) is 3.27. The fraction of sp³-hybridized carbons (Fsp3) is 0.708. The van der Waals surface area contributed by atoms with Crippen LogP contribution in [0.2, 0.25) is 0 Å². The summed E-state index contributed by atoms with van der Waals surface area (Å²) in [6, 6.07) is 0. The summed E-state index contributed by atoms with van der Waals surface area (Å²) in [5, 5.41) is 11.2. The number of fused-ring (bicyclic) bond motifs is 2. The molecular weight excluding hydrogens is 384 g/mol. The van der Waals surface area contributed by atoms with Crippen molar-refractivity contribution in [2.45, 2.75) is 79.4 Å². The van der Waals surface area contributed by atoms with Crippen molar-refractivity contribution in [2.75, 3.05) is 6.61 Å². The van der Waals surface area contributed by atoms with Gasteiger partial charge in [-0.3, -0.25) is 14.4 Å². The van der Waals surface area contributed by atoms with Crippen LogP contribution in [0.25, 0.3) is 0 Å². The molecule has 6 heteroatoms. The zero-order valence-corrected chi connectivity index (χ0v) is 18.9. The second-order valence-electron chi connectivity index (χ2n) is 9.96. The first kappa shape index (κ1) is 22.7. The van der Waals surface area contributed by atoms with Crippen LogP contribution in [0, 0.1) is 22.7 Å². The highest BCUT2D eigenvalue weighted by Gasteiger charge is 2.58. The number of hydrogen-bond donors (Lipinski definition) is 1. The lowest BCUT2D eigenvalue weighted by molar-refractivity contribution is -0.155.